The summed E-state index contributed by atoms with van der Waals surface area (Å²) in [5.74, 6) is 1.27. The fraction of sp³-hybridized carbons (Fsp3) is 0.600. The summed E-state index contributed by atoms with van der Waals surface area (Å²) in [6.07, 6.45) is 2.28. The molecule has 1 amide bonds. The molecule has 2 fully saturated rings. The summed E-state index contributed by atoms with van der Waals surface area (Å²) in [6, 6.07) is 2.28. The summed E-state index contributed by atoms with van der Waals surface area (Å²) in [5, 5.41) is 0.988. The summed E-state index contributed by atoms with van der Waals surface area (Å²) >= 11 is 3.15. The van der Waals surface area contributed by atoms with Gasteiger partial charge in [-0.1, -0.05) is 11.3 Å². The highest BCUT2D eigenvalue weighted by Gasteiger charge is 2.42. The molecule has 2 aromatic rings. The molecule has 1 aliphatic carbocycles. The van der Waals surface area contributed by atoms with Crippen LogP contribution in [0, 0.1) is 11.8 Å². The Labute approximate surface area is 149 Å². The van der Waals surface area contributed by atoms with Gasteiger partial charge in [0.05, 0.1) is 9.58 Å². The number of hydrogen-bond donors (Lipinski definition) is 1. The number of anilines is 1. The molecule has 1 saturated carbocycles. The second-order valence-corrected chi connectivity index (χ2v) is 8.59. The predicted octanol–water partition coefficient (Wildman–Crippen LogP) is 2.65. The number of fused-ring (bicyclic) bond motifs is 2. The number of aromatic nitrogens is 1. The fourth-order valence-corrected chi connectivity index (χ4v) is 5.75. The van der Waals surface area contributed by atoms with Gasteiger partial charge in [-0.3, -0.25) is 4.79 Å². The summed E-state index contributed by atoms with van der Waals surface area (Å²) in [5.41, 5.74) is 6.16. The van der Waals surface area contributed by atoms with Crippen molar-refractivity contribution in [3.8, 4) is 0 Å². The van der Waals surface area contributed by atoms with Crippen LogP contribution in [0.1, 0.15) is 22.5 Å². The molecule has 1 saturated heterocycles. The second kappa shape index (κ2) is 6.20. The van der Waals surface area contributed by atoms with Gasteiger partial charge in [0.15, 0.2) is 5.13 Å². The lowest BCUT2D eigenvalue weighted by molar-refractivity contribution is 0.0784. The molecule has 0 spiro atoms. The number of hydrogen-bond acceptors (Lipinski definition) is 6. The van der Waals surface area contributed by atoms with E-state index in [1.807, 2.05) is 30.0 Å². The summed E-state index contributed by atoms with van der Waals surface area (Å²) < 4.78 is 1.10. The normalized spacial score (nSPS) is 26.4. The van der Waals surface area contributed by atoms with Gasteiger partial charge in [0.25, 0.3) is 5.91 Å². The van der Waals surface area contributed by atoms with Gasteiger partial charge in [-0.05, 0) is 30.7 Å². The monoisotopic (exact) mass is 372 g/mol. The zero-order valence-electron chi connectivity index (χ0n) is 13.2. The molecule has 23 heavy (non-hydrogen) atoms. The van der Waals surface area contributed by atoms with Gasteiger partial charge in [-0.25, -0.2) is 4.98 Å². The molecule has 3 unspecified atom stereocenters. The van der Waals surface area contributed by atoms with Crippen molar-refractivity contribution in [3.05, 3.63) is 10.9 Å². The molecule has 1 aliphatic heterocycles. The van der Waals surface area contributed by atoms with Crippen molar-refractivity contribution >= 4 is 55.6 Å². The van der Waals surface area contributed by atoms with Gasteiger partial charge in [0.2, 0.25) is 0 Å². The Morgan fingerprint density at radius 2 is 2.13 bits per heavy atom. The smallest absolute Gasteiger partial charge is 0.264 e. The first kappa shape index (κ1) is 17.0. The first-order valence-corrected chi connectivity index (χ1v) is 9.29. The van der Waals surface area contributed by atoms with Crippen LogP contribution in [-0.2, 0) is 0 Å². The number of nitrogens with zero attached hydrogens (tertiary/aromatic N) is 3. The minimum absolute atomic E-state index is 0. The number of carbonyl (C=O) groups is 1. The minimum atomic E-state index is 0. The number of amides is 1. The third-order valence-electron chi connectivity index (χ3n) is 4.87. The Morgan fingerprint density at radius 1 is 1.35 bits per heavy atom. The van der Waals surface area contributed by atoms with Crippen LogP contribution in [0.3, 0.4) is 0 Å². The fourth-order valence-electron chi connectivity index (χ4n) is 3.65. The Morgan fingerprint density at radius 3 is 2.78 bits per heavy atom. The number of thiazole rings is 1. The number of rotatable bonds is 2. The molecule has 3 atom stereocenters. The van der Waals surface area contributed by atoms with Crippen LogP contribution >= 0.6 is 35.1 Å². The first-order chi connectivity index (χ1) is 10.5. The number of thiophene rings is 1. The lowest BCUT2D eigenvalue weighted by Gasteiger charge is -2.17. The SMILES string of the molecule is CN(C)c1nc2sc(C(=O)N3CC4CCC(N)C4C3)cc2s1.Cl. The molecule has 2 aliphatic rings. The lowest BCUT2D eigenvalue weighted by Crippen LogP contribution is -2.33. The Hall–Kier alpha value is -0.890. The van der Waals surface area contributed by atoms with E-state index in [0.717, 1.165) is 39.0 Å². The summed E-state index contributed by atoms with van der Waals surface area (Å²) in [6.45, 7) is 1.70. The molecular formula is C15H21ClN4OS2. The van der Waals surface area contributed by atoms with Crippen molar-refractivity contribution in [1.29, 1.82) is 0 Å². The molecular weight excluding hydrogens is 352 g/mol. The van der Waals surface area contributed by atoms with Gasteiger partial charge in [0, 0.05) is 33.2 Å². The third kappa shape index (κ3) is 2.84. The van der Waals surface area contributed by atoms with E-state index in [0.29, 0.717) is 11.8 Å². The van der Waals surface area contributed by atoms with E-state index in [1.165, 1.54) is 17.8 Å². The molecule has 0 bridgehead atoms. The van der Waals surface area contributed by atoms with Crippen LogP contribution < -0.4 is 10.6 Å². The van der Waals surface area contributed by atoms with Crippen molar-refractivity contribution in [1.82, 2.24) is 9.88 Å². The van der Waals surface area contributed by atoms with E-state index in [-0.39, 0.29) is 24.4 Å². The van der Waals surface area contributed by atoms with Gasteiger partial charge in [0.1, 0.15) is 4.83 Å². The average molecular weight is 373 g/mol. The van der Waals surface area contributed by atoms with E-state index in [1.54, 1.807) is 11.3 Å². The maximum Gasteiger partial charge on any atom is 0.264 e. The summed E-state index contributed by atoms with van der Waals surface area (Å²) in [7, 11) is 3.97. The number of halogens is 1. The molecule has 0 radical (unpaired) electrons. The largest absolute Gasteiger partial charge is 0.354 e. The van der Waals surface area contributed by atoms with E-state index in [4.69, 9.17) is 5.73 Å². The van der Waals surface area contributed by atoms with E-state index in [9.17, 15) is 4.79 Å². The molecule has 2 N–H and O–H groups in total. The molecule has 4 rings (SSSR count). The Bertz CT molecular complexity index is 697. The highest BCUT2D eigenvalue weighted by Crippen LogP contribution is 2.39. The molecule has 0 aromatic carbocycles. The number of carbonyl (C=O) groups excluding carboxylic acids is 1. The van der Waals surface area contributed by atoms with Gasteiger partial charge in [-0.2, -0.15) is 0 Å². The molecule has 3 heterocycles. The topological polar surface area (TPSA) is 62.5 Å². The highest BCUT2D eigenvalue weighted by molar-refractivity contribution is 7.29. The maximum atomic E-state index is 12.7. The highest BCUT2D eigenvalue weighted by atomic mass is 35.5. The number of likely N-dealkylation sites (tertiary alicyclic amines) is 1. The molecule has 2 aromatic heterocycles. The maximum absolute atomic E-state index is 12.7. The van der Waals surface area contributed by atoms with Gasteiger partial charge in [-0.15, -0.1) is 23.7 Å². The first-order valence-electron chi connectivity index (χ1n) is 7.65. The van der Waals surface area contributed by atoms with Crippen molar-refractivity contribution in [2.75, 3.05) is 32.1 Å². The van der Waals surface area contributed by atoms with E-state index < -0.39 is 0 Å². The summed E-state index contributed by atoms with van der Waals surface area (Å²) in [4.78, 5) is 23.1. The van der Waals surface area contributed by atoms with E-state index >= 15 is 0 Å². The van der Waals surface area contributed by atoms with Crippen LogP contribution in [0.4, 0.5) is 5.13 Å². The zero-order valence-corrected chi connectivity index (χ0v) is 15.6. The Kier molecular flexibility index (Phi) is 4.57. The third-order valence-corrected chi connectivity index (χ3v) is 7.19. The van der Waals surface area contributed by atoms with Crippen molar-refractivity contribution in [2.24, 2.45) is 17.6 Å². The van der Waals surface area contributed by atoms with Crippen molar-refractivity contribution in [3.63, 3.8) is 0 Å². The standard InChI is InChI=1S/C15H20N4OS2.ClH/c1-18(2)15-17-13-11(22-15)5-12(21-13)14(20)19-6-8-3-4-10(16)9(8)7-19;/h5,8-10H,3-4,6-7,16H2,1-2H3;1H. The zero-order chi connectivity index (χ0) is 15.4. The average Bonchev–Trinajstić information content (AvgIpc) is 3.18. The predicted molar refractivity (Wildman–Crippen MR) is 99.2 cm³/mol. The van der Waals surface area contributed by atoms with Crippen molar-refractivity contribution < 1.29 is 4.79 Å². The minimum Gasteiger partial charge on any atom is -0.354 e. The van der Waals surface area contributed by atoms with Crippen LogP contribution in [0.25, 0.3) is 9.53 Å². The van der Waals surface area contributed by atoms with Gasteiger partial charge >= 0.3 is 0 Å². The lowest BCUT2D eigenvalue weighted by atomic mass is 9.98. The van der Waals surface area contributed by atoms with Crippen LogP contribution in [0.15, 0.2) is 6.07 Å². The van der Waals surface area contributed by atoms with Crippen LogP contribution in [0.2, 0.25) is 0 Å². The van der Waals surface area contributed by atoms with Crippen LogP contribution in [0.5, 0.6) is 0 Å². The van der Waals surface area contributed by atoms with Crippen molar-refractivity contribution in [2.45, 2.75) is 18.9 Å². The number of nitrogens with two attached hydrogens (primary N) is 1. The molecule has 5 nitrogen and oxygen atoms in total. The quantitative estimate of drug-likeness (QED) is 0.880. The second-order valence-electron chi connectivity index (χ2n) is 6.55. The molecule has 8 heteroatoms. The van der Waals surface area contributed by atoms with Gasteiger partial charge < -0.3 is 15.5 Å². The van der Waals surface area contributed by atoms with E-state index in [2.05, 4.69) is 4.98 Å². The Balaban J connectivity index is 0.00000156. The van der Waals surface area contributed by atoms with Crippen LogP contribution in [-0.4, -0.2) is 49.0 Å². The molecule has 126 valence electrons.